The third-order valence-corrected chi connectivity index (χ3v) is 4.87. The first-order chi connectivity index (χ1) is 12.1. The fourth-order valence-corrected chi connectivity index (χ4v) is 3.04. The fraction of sp³-hybridized carbons (Fsp3) is 0. The van der Waals surface area contributed by atoms with Crippen molar-refractivity contribution in [2.45, 2.75) is 0 Å². The van der Waals surface area contributed by atoms with E-state index in [9.17, 15) is 9.59 Å². The van der Waals surface area contributed by atoms with Gasteiger partial charge in [0.2, 0.25) is 0 Å². The topological polar surface area (TPSA) is 46.2 Å². The molecular formula is C20H14BrNO2S. The van der Waals surface area contributed by atoms with Crippen molar-refractivity contribution < 1.29 is 9.59 Å². The number of hydrogen-bond acceptors (Lipinski definition) is 3. The third kappa shape index (κ3) is 4.75. The highest BCUT2D eigenvalue weighted by Crippen LogP contribution is 2.16. The van der Waals surface area contributed by atoms with E-state index in [0.29, 0.717) is 10.4 Å². The molecule has 0 spiro atoms. The number of amides is 1. The highest BCUT2D eigenvalue weighted by Gasteiger charge is 2.06. The van der Waals surface area contributed by atoms with Crippen molar-refractivity contribution >= 4 is 50.7 Å². The lowest BCUT2D eigenvalue weighted by molar-refractivity contribution is 0.102. The second kappa shape index (κ2) is 8.05. The first kappa shape index (κ1) is 17.3. The maximum absolute atomic E-state index is 12.1. The van der Waals surface area contributed by atoms with Crippen LogP contribution in [0.25, 0.3) is 6.08 Å². The van der Waals surface area contributed by atoms with Crippen molar-refractivity contribution in [2.75, 3.05) is 5.32 Å². The van der Waals surface area contributed by atoms with E-state index in [1.807, 2.05) is 47.8 Å². The van der Waals surface area contributed by atoms with Crippen molar-refractivity contribution in [3.63, 3.8) is 0 Å². The van der Waals surface area contributed by atoms with E-state index in [4.69, 9.17) is 0 Å². The Morgan fingerprint density at radius 3 is 2.32 bits per heavy atom. The van der Waals surface area contributed by atoms with Crippen molar-refractivity contribution in [3.05, 3.63) is 92.6 Å². The Bertz CT molecular complexity index is 898. The number of hydrogen-bond donors (Lipinski definition) is 1. The predicted octanol–water partition coefficient (Wildman–Crippen LogP) is 5.66. The summed E-state index contributed by atoms with van der Waals surface area (Å²) in [4.78, 5) is 24.8. The molecule has 0 aliphatic heterocycles. The average molecular weight is 412 g/mol. The van der Waals surface area contributed by atoms with Gasteiger partial charge in [-0.2, -0.15) is 0 Å². The van der Waals surface area contributed by atoms with Crippen LogP contribution in [0, 0.1) is 0 Å². The molecule has 0 fully saturated rings. The largest absolute Gasteiger partial charge is 0.321 e. The minimum atomic E-state index is -0.122. The van der Waals surface area contributed by atoms with E-state index < -0.39 is 0 Å². The minimum absolute atomic E-state index is 0.0532. The van der Waals surface area contributed by atoms with Crippen LogP contribution in [0.1, 0.15) is 25.6 Å². The molecule has 0 atom stereocenters. The number of nitrogens with one attached hydrogen (secondary N) is 1. The predicted molar refractivity (Wildman–Crippen MR) is 106 cm³/mol. The summed E-state index contributed by atoms with van der Waals surface area (Å²) < 4.78 is 0.938. The number of rotatable bonds is 5. The van der Waals surface area contributed by atoms with Gasteiger partial charge in [0.15, 0.2) is 5.78 Å². The summed E-state index contributed by atoms with van der Waals surface area (Å²) in [7, 11) is 0. The van der Waals surface area contributed by atoms with Crippen LogP contribution in [0.4, 0.5) is 5.69 Å². The molecule has 0 bridgehead atoms. The van der Waals surface area contributed by atoms with Gasteiger partial charge in [0, 0.05) is 15.7 Å². The Morgan fingerprint density at radius 1 is 0.960 bits per heavy atom. The van der Waals surface area contributed by atoms with E-state index in [0.717, 1.165) is 15.7 Å². The average Bonchev–Trinajstić information content (AvgIpc) is 3.16. The van der Waals surface area contributed by atoms with Gasteiger partial charge in [-0.05, 0) is 59.5 Å². The van der Waals surface area contributed by atoms with Crippen molar-refractivity contribution in [1.29, 1.82) is 0 Å². The molecule has 0 aliphatic carbocycles. The summed E-state index contributed by atoms with van der Waals surface area (Å²) in [6.45, 7) is 0. The van der Waals surface area contributed by atoms with Crippen LogP contribution < -0.4 is 5.32 Å². The molecule has 2 aromatic carbocycles. The van der Waals surface area contributed by atoms with Gasteiger partial charge in [-0.25, -0.2) is 0 Å². The van der Waals surface area contributed by atoms with Gasteiger partial charge in [0.05, 0.1) is 4.88 Å². The fourth-order valence-electron chi connectivity index (χ4n) is 2.16. The van der Waals surface area contributed by atoms with Gasteiger partial charge < -0.3 is 5.32 Å². The van der Waals surface area contributed by atoms with Crippen LogP contribution in [0.3, 0.4) is 0 Å². The molecule has 124 valence electrons. The molecule has 3 rings (SSSR count). The molecule has 1 N–H and O–H groups in total. The van der Waals surface area contributed by atoms with Crippen LogP contribution in [0.15, 0.2) is 76.6 Å². The highest BCUT2D eigenvalue weighted by atomic mass is 79.9. The molecule has 0 radical (unpaired) electrons. The maximum atomic E-state index is 12.1. The normalized spacial score (nSPS) is 10.8. The van der Waals surface area contributed by atoms with E-state index in [2.05, 4.69) is 21.2 Å². The standard InChI is InChI=1S/C20H14BrNO2S/c21-16-8-6-15(7-9-16)18(23)12-5-14-3-10-17(11-4-14)22-20(24)19-2-1-13-25-19/h1-13H,(H,22,24)/b12-5+. The molecule has 1 amide bonds. The Morgan fingerprint density at radius 2 is 1.68 bits per heavy atom. The second-order valence-corrected chi connectivity index (χ2v) is 7.12. The van der Waals surface area contributed by atoms with Crippen molar-refractivity contribution in [2.24, 2.45) is 0 Å². The van der Waals surface area contributed by atoms with Crippen LogP contribution in [0.5, 0.6) is 0 Å². The first-order valence-electron chi connectivity index (χ1n) is 7.55. The number of carbonyl (C=O) groups is 2. The summed E-state index contributed by atoms with van der Waals surface area (Å²) in [6, 6.07) is 18.2. The second-order valence-electron chi connectivity index (χ2n) is 5.26. The SMILES string of the molecule is O=C(/C=C/c1ccc(NC(=O)c2cccs2)cc1)c1ccc(Br)cc1. The number of ketones is 1. The van der Waals surface area contributed by atoms with E-state index in [1.165, 1.54) is 11.3 Å². The molecule has 1 aromatic heterocycles. The lowest BCUT2D eigenvalue weighted by atomic mass is 10.1. The first-order valence-corrected chi connectivity index (χ1v) is 9.22. The molecule has 0 unspecified atom stereocenters. The number of allylic oxidation sites excluding steroid dienone is 1. The molecular weight excluding hydrogens is 398 g/mol. The summed E-state index contributed by atoms with van der Waals surface area (Å²) in [5.41, 5.74) is 2.24. The van der Waals surface area contributed by atoms with Gasteiger partial charge in [0.1, 0.15) is 0 Å². The van der Waals surface area contributed by atoms with E-state index in [-0.39, 0.29) is 11.7 Å². The third-order valence-electron chi connectivity index (χ3n) is 3.47. The zero-order valence-corrected chi connectivity index (χ0v) is 15.5. The zero-order chi connectivity index (χ0) is 17.6. The Hall–Kier alpha value is -2.50. The number of carbonyl (C=O) groups excluding carboxylic acids is 2. The van der Waals surface area contributed by atoms with Crippen molar-refractivity contribution in [3.8, 4) is 0 Å². The van der Waals surface area contributed by atoms with Crippen LogP contribution >= 0.6 is 27.3 Å². The van der Waals surface area contributed by atoms with Gasteiger partial charge >= 0.3 is 0 Å². The van der Waals surface area contributed by atoms with Gasteiger partial charge in [-0.3, -0.25) is 9.59 Å². The lowest BCUT2D eigenvalue weighted by Gasteiger charge is -2.03. The number of benzene rings is 2. The van der Waals surface area contributed by atoms with Crippen LogP contribution in [-0.2, 0) is 0 Å². The Labute approximate surface area is 158 Å². The molecule has 25 heavy (non-hydrogen) atoms. The molecule has 5 heteroatoms. The van der Waals surface area contributed by atoms with Gasteiger partial charge in [-0.15, -0.1) is 11.3 Å². The minimum Gasteiger partial charge on any atom is -0.321 e. The summed E-state index contributed by atoms with van der Waals surface area (Å²) in [6.07, 6.45) is 3.30. The number of thiophene rings is 1. The summed E-state index contributed by atoms with van der Waals surface area (Å²) >= 11 is 4.75. The van der Waals surface area contributed by atoms with Crippen LogP contribution in [-0.4, -0.2) is 11.7 Å². The quantitative estimate of drug-likeness (QED) is 0.434. The molecule has 0 saturated carbocycles. The molecule has 3 aromatic rings. The maximum Gasteiger partial charge on any atom is 0.265 e. The van der Waals surface area contributed by atoms with Crippen molar-refractivity contribution in [1.82, 2.24) is 0 Å². The summed E-state index contributed by atoms with van der Waals surface area (Å²) in [5, 5.41) is 4.71. The van der Waals surface area contributed by atoms with Gasteiger partial charge in [-0.1, -0.05) is 40.2 Å². The molecule has 0 aliphatic rings. The zero-order valence-electron chi connectivity index (χ0n) is 13.1. The highest BCUT2D eigenvalue weighted by molar-refractivity contribution is 9.10. The lowest BCUT2D eigenvalue weighted by Crippen LogP contribution is -2.09. The summed E-state index contributed by atoms with van der Waals surface area (Å²) in [5.74, 6) is -0.175. The molecule has 1 heterocycles. The smallest absolute Gasteiger partial charge is 0.265 e. The van der Waals surface area contributed by atoms with Crippen LogP contribution in [0.2, 0.25) is 0 Å². The molecule has 3 nitrogen and oxygen atoms in total. The Kier molecular flexibility index (Phi) is 5.58. The number of anilines is 1. The van der Waals surface area contributed by atoms with Gasteiger partial charge in [0.25, 0.3) is 5.91 Å². The van der Waals surface area contributed by atoms with E-state index in [1.54, 1.807) is 30.4 Å². The Balaban J connectivity index is 1.63. The number of halogens is 1. The monoisotopic (exact) mass is 411 g/mol. The molecule has 0 saturated heterocycles. The van der Waals surface area contributed by atoms with E-state index >= 15 is 0 Å².